The van der Waals surface area contributed by atoms with Gasteiger partial charge in [-0.15, -0.1) is 11.3 Å². The lowest BCUT2D eigenvalue weighted by Crippen LogP contribution is -2.55. The Morgan fingerprint density at radius 3 is 2.86 bits per heavy atom. The molecule has 2 aromatic rings. The summed E-state index contributed by atoms with van der Waals surface area (Å²) in [5.74, 6) is 2.15. The number of nitrogens with one attached hydrogen (secondary N) is 2. The van der Waals surface area contributed by atoms with Crippen molar-refractivity contribution in [1.29, 1.82) is 0 Å². The fourth-order valence-electron chi connectivity index (χ4n) is 4.94. The molecule has 0 saturated carbocycles. The highest BCUT2D eigenvalue weighted by atomic mass is 32.1. The van der Waals surface area contributed by atoms with Crippen LogP contribution in [0.3, 0.4) is 0 Å². The van der Waals surface area contributed by atoms with Crippen molar-refractivity contribution in [2.24, 2.45) is 11.8 Å². The van der Waals surface area contributed by atoms with E-state index in [1.165, 1.54) is 9.75 Å². The molecule has 0 spiro atoms. The lowest BCUT2D eigenvalue weighted by atomic mass is 9.94. The SMILES string of the molecule is Cc1ccc(CN2CC(C)C(C3NC(=O)c4cnc(C5CCOCC5)n4N3)C2)s1. The number of hydrogen-bond donors (Lipinski definition) is 2. The molecule has 156 valence electrons. The second kappa shape index (κ2) is 7.74. The van der Waals surface area contributed by atoms with Gasteiger partial charge in [-0.3, -0.25) is 9.69 Å². The van der Waals surface area contributed by atoms with E-state index in [1.807, 2.05) is 16.0 Å². The van der Waals surface area contributed by atoms with Crippen LogP contribution in [0.5, 0.6) is 0 Å². The molecule has 2 saturated heterocycles. The van der Waals surface area contributed by atoms with Crippen LogP contribution in [-0.2, 0) is 11.3 Å². The minimum absolute atomic E-state index is 0.0286. The van der Waals surface area contributed by atoms with E-state index in [2.05, 4.69) is 46.6 Å². The van der Waals surface area contributed by atoms with Crippen molar-refractivity contribution >= 4 is 17.2 Å². The molecule has 3 atom stereocenters. The predicted molar refractivity (Wildman–Crippen MR) is 113 cm³/mol. The lowest BCUT2D eigenvalue weighted by molar-refractivity contribution is 0.0818. The van der Waals surface area contributed by atoms with E-state index in [1.54, 1.807) is 6.20 Å². The van der Waals surface area contributed by atoms with Crippen LogP contribution in [0.15, 0.2) is 18.3 Å². The zero-order chi connectivity index (χ0) is 20.0. The number of likely N-dealkylation sites (tertiary alicyclic amines) is 1. The van der Waals surface area contributed by atoms with Crippen molar-refractivity contribution in [1.82, 2.24) is 19.9 Å². The quantitative estimate of drug-likeness (QED) is 0.803. The molecule has 5 rings (SSSR count). The number of imidazole rings is 1. The number of fused-ring (bicyclic) bond motifs is 1. The standard InChI is InChI=1S/C21H29N5O2S/c1-13-10-25(11-16-4-3-14(2)29-16)12-17(13)19-23-21(27)18-9-22-20(26(18)24-19)15-5-7-28-8-6-15/h3-4,9,13,15,17,19,24H,5-8,10-12H2,1-2H3,(H,23,27). The summed E-state index contributed by atoms with van der Waals surface area (Å²) in [5, 5.41) is 3.19. The number of aryl methyl sites for hydroxylation is 1. The third-order valence-corrected chi connectivity index (χ3v) is 7.50. The summed E-state index contributed by atoms with van der Waals surface area (Å²) >= 11 is 1.87. The van der Waals surface area contributed by atoms with E-state index in [9.17, 15) is 4.79 Å². The Labute approximate surface area is 175 Å². The zero-order valence-electron chi connectivity index (χ0n) is 17.1. The van der Waals surface area contributed by atoms with Gasteiger partial charge >= 0.3 is 0 Å². The molecule has 3 aliphatic heterocycles. The Morgan fingerprint density at radius 2 is 2.10 bits per heavy atom. The molecule has 0 aliphatic carbocycles. The van der Waals surface area contributed by atoms with Crippen LogP contribution in [0.1, 0.15) is 51.8 Å². The number of amides is 1. The van der Waals surface area contributed by atoms with Gasteiger partial charge in [0, 0.05) is 54.4 Å². The topological polar surface area (TPSA) is 71.4 Å². The van der Waals surface area contributed by atoms with E-state index in [4.69, 9.17) is 4.74 Å². The molecule has 5 heterocycles. The van der Waals surface area contributed by atoms with Crippen molar-refractivity contribution in [3.05, 3.63) is 39.6 Å². The number of ether oxygens (including phenoxy) is 1. The van der Waals surface area contributed by atoms with Gasteiger partial charge in [0.1, 0.15) is 17.7 Å². The van der Waals surface area contributed by atoms with Crippen molar-refractivity contribution in [3.63, 3.8) is 0 Å². The second-order valence-corrected chi connectivity index (χ2v) is 10.0. The third-order valence-electron chi connectivity index (χ3n) is 6.51. The van der Waals surface area contributed by atoms with E-state index in [-0.39, 0.29) is 12.1 Å². The molecule has 3 unspecified atom stereocenters. The van der Waals surface area contributed by atoms with Gasteiger partial charge in [0.05, 0.1) is 6.20 Å². The molecular weight excluding hydrogens is 386 g/mol. The van der Waals surface area contributed by atoms with E-state index < -0.39 is 0 Å². The number of nitrogens with zero attached hydrogens (tertiary/aromatic N) is 3. The van der Waals surface area contributed by atoms with E-state index >= 15 is 0 Å². The summed E-state index contributed by atoms with van der Waals surface area (Å²) in [4.78, 5) is 22.7. The molecular formula is C21H29N5O2S. The Bertz CT molecular complexity index is 888. The molecule has 1 amide bonds. The molecule has 3 aliphatic rings. The molecule has 7 nitrogen and oxygen atoms in total. The molecule has 0 bridgehead atoms. The van der Waals surface area contributed by atoms with Crippen LogP contribution in [0.2, 0.25) is 0 Å². The summed E-state index contributed by atoms with van der Waals surface area (Å²) < 4.78 is 7.46. The normalized spacial score (nSPS) is 28.2. The number of hydrogen-bond acceptors (Lipinski definition) is 6. The van der Waals surface area contributed by atoms with Crippen LogP contribution >= 0.6 is 11.3 Å². The van der Waals surface area contributed by atoms with E-state index in [0.29, 0.717) is 23.4 Å². The Morgan fingerprint density at radius 1 is 1.28 bits per heavy atom. The van der Waals surface area contributed by atoms with Gasteiger partial charge in [-0.05, 0) is 37.8 Å². The van der Waals surface area contributed by atoms with Crippen molar-refractivity contribution in [2.45, 2.75) is 45.3 Å². The zero-order valence-corrected chi connectivity index (χ0v) is 17.9. The summed E-state index contributed by atoms with van der Waals surface area (Å²) in [7, 11) is 0. The average molecular weight is 416 g/mol. The van der Waals surface area contributed by atoms with Gasteiger partial charge in [0.15, 0.2) is 0 Å². The van der Waals surface area contributed by atoms with Crippen molar-refractivity contribution in [3.8, 4) is 0 Å². The highest BCUT2D eigenvalue weighted by Crippen LogP contribution is 2.31. The number of rotatable bonds is 4. The van der Waals surface area contributed by atoms with Crippen LogP contribution in [0.4, 0.5) is 0 Å². The van der Waals surface area contributed by atoms with Crippen LogP contribution in [0.25, 0.3) is 0 Å². The maximum atomic E-state index is 12.8. The molecule has 2 fully saturated rings. The lowest BCUT2D eigenvalue weighted by Gasteiger charge is -2.35. The van der Waals surface area contributed by atoms with Crippen LogP contribution in [0, 0.1) is 18.8 Å². The predicted octanol–water partition coefficient (Wildman–Crippen LogP) is 2.53. The first-order valence-corrected chi connectivity index (χ1v) is 11.4. The molecule has 2 N–H and O–H groups in total. The smallest absolute Gasteiger partial charge is 0.273 e. The van der Waals surface area contributed by atoms with Crippen molar-refractivity contribution in [2.75, 3.05) is 31.7 Å². The average Bonchev–Trinajstić information content (AvgIpc) is 3.41. The molecule has 8 heteroatoms. The minimum Gasteiger partial charge on any atom is -0.381 e. The van der Waals surface area contributed by atoms with Gasteiger partial charge in [-0.25, -0.2) is 9.66 Å². The minimum atomic E-state index is -0.0761. The number of thiophene rings is 1. The summed E-state index contributed by atoms with van der Waals surface area (Å²) in [6.45, 7) is 9.00. The highest BCUT2D eigenvalue weighted by Gasteiger charge is 2.40. The number of aromatic nitrogens is 2. The third kappa shape index (κ3) is 3.69. The molecule has 0 aromatic carbocycles. The van der Waals surface area contributed by atoms with Gasteiger partial charge < -0.3 is 15.5 Å². The maximum Gasteiger partial charge on any atom is 0.273 e. The largest absolute Gasteiger partial charge is 0.381 e. The van der Waals surface area contributed by atoms with Gasteiger partial charge in [-0.1, -0.05) is 6.92 Å². The summed E-state index contributed by atoms with van der Waals surface area (Å²) in [6.07, 6.45) is 3.54. The maximum absolute atomic E-state index is 12.8. The fraction of sp³-hybridized carbons (Fsp3) is 0.619. The Kier molecular flexibility index (Phi) is 5.09. The monoisotopic (exact) mass is 415 g/mol. The first-order chi connectivity index (χ1) is 14.1. The Hall–Kier alpha value is -1.90. The molecule has 0 radical (unpaired) electrons. The second-order valence-electron chi connectivity index (χ2n) is 8.65. The van der Waals surface area contributed by atoms with Gasteiger partial charge in [0.2, 0.25) is 0 Å². The fourth-order valence-corrected chi connectivity index (χ4v) is 5.88. The molecule has 29 heavy (non-hydrogen) atoms. The van der Waals surface area contributed by atoms with Gasteiger partial charge in [-0.2, -0.15) is 0 Å². The number of carbonyl (C=O) groups excluding carboxylic acids is 1. The van der Waals surface area contributed by atoms with Crippen LogP contribution in [-0.4, -0.2) is 52.9 Å². The van der Waals surface area contributed by atoms with E-state index in [0.717, 1.165) is 51.5 Å². The molecule has 2 aromatic heterocycles. The first-order valence-electron chi connectivity index (χ1n) is 10.6. The van der Waals surface area contributed by atoms with Gasteiger partial charge in [0.25, 0.3) is 5.91 Å². The van der Waals surface area contributed by atoms with Crippen molar-refractivity contribution < 1.29 is 9.53 Å². The van der Waals surface area contributed by atoms with Crippen LogP contribution < -0.4 is 10.7 Å². The highest BCUT2D eigenvalue weighted by molar-refractivity contribution is 7.11. The first kappa shape index (κ1) is 19.1. The number of carbonyl (C=O) groups is 1. The summed E-state index contributed by atoms with van der Waals surface area (Å²) in [6, 6.07) is 4.43. The summed E-state index contributed by atoms with van der Waals surface area (Å²) in [5.41, 5.74) is 4.20. The Balaban J connectivity index is 1.31.